The van der Waals surface area contributed by atoms with Crippen LogP contribution >= 0.6 is 0 Å². The number of nitrogens with zero attached hydrogens (tertiary/aromatic N) is 1. The maximum atomic E-state index is 11.5. The lowest BCUT2D eigenvalue weighted by Crippen LogP contribution is -2.21. The lowest BCUT2D eigenvalue weighted by atomic mass is 10.2. The number of hydrogen-bond acceptors (Lipinski definition) is 5. The van der Waals surface area contributed by atoms with Gasteiger partial charge in [-0.15, -0.1) is 0 Å². The molecule has 0 aliphatic carbocycles. The van der Waals surface area contributed by atoms with E-state index in [0.717, 1.165) is 12.8 Å². The summed E-state index contributed by atoms with van der Waals surface area (Å²) in [4.78, 5) is 2.20. The highest BCUT2D eigenvalue weighted by Crippen LogP contribution is 2.26. The van der Waals surface area contributed by atoms with Crippen LogP contribution < -0.4 is 11.1 Å². The van der Waals surface area contributed by atoms with Gasteiger partial charge in [-0.05, 0) is 26.2 Å². The van der Waals surface area contributed by atoms with E-state index < -0.39 is 9.84 Å². The molecule has 0 bridgehead atoms. The number of anilines is 2. The van der Waals surface area contributed by atoms with Crippen molar-refractivity contribution in [2.24, 2.45) is 0 Å². The van der Waals surface area contributed by atoms with Crippen molar-refractivity contribution < 1.29 is 8.42 Å². The van der Waals surface area contributed by atoms with Crippen molar-refractivity contribution in [2.75, 3.05) is 44.5 Å². The highest BCUT2D eigenvalue weighted by atomic mass is 32.2. The van der Waals surface area contributed by atoms with Gasteiger partial charge in [0.25, 0.3) is 0 Å². The lowest BCUT2D eigenvalue weighted by Gasteiger charge is -2.14. The first-order chi connectivity index (χ1) is 7.82. The molecule has 6 heteroatoms. The maximum absolute atomic E-state index is 11.5. The molecule has 3 N–H and O–H groups in total. The molecule has 5 nitrogen and oxygen atoms in total. The molecule has 1 aromatic rings. The van der Waals surface area contributed by atoms with Crippen molar-refractivity contribution in [3.63, 3.8) is 0 Å². The van der Waals surface area contributed by atoms with Gasteiger partial charge in [-0.3, -0.25) is 0 Å². The monoisotopic (exact) mass is 257 g/mol. The van der Waals surface area contributed by atoms with Gasteiger partial charge in [0.05, 0.1) is 16.3 Å². The third-order valence-corrected chi connectivity index (χ3v) is 3.49. The van der Waals surface area contributed by atoms with Gasteiger partial charge in [0.1, 0.15) is 0 Å². The number of sulfone groups is 1. The van der Waals surface area contributed by atoms with Crippen LogP contribution in [-0.4, -0.2) is 46.8 Å². The first-order valence-corrected chi connectivity index (χ1v) is 7.18. The molecule has 17 heavy (non-hydrogen) atoms. The van der Waals surface area contributed by atoms with Crippen molar-refractivity contribution in [1.82, 2.24) is 4.90 Å². The fraction of sp³-hybridized carbons (Fsp3) is 0.455. The highest BCUT2D eigenvalue weighted by molar-refractivity contribution is 7.90. The molecule has 0 saturated heterocycles. The zero-order chi connectivity index (χ0) is 13.1. The molecule has 0 saturated carbocycles. The topological polar surface area (TPSA) is 75.4 Å². The van der Waals surface area contributed by atoms with Gasteiger partial charge in [-0.1, -0.05) is 6.07 Å². The summed E-state index contributed by atoms with van der Waals surface area (Å²) in [6, 6.07) is 4.98. The van der Waals surface area contributed by atoms with Crippen LogP contribution in [0.4, 0.5) is 11.4 Å². The number of benzene rings is 1. The second-order valence-electron chi connectivity index (χ2n) is 4.22. The molecular weight excluding hydrogens is 238 g/mol. The number of para-hydroxylation sites is 1. The van der Waals surface area contributed by atoms with Crippen LogP contribution in [0.5, 0.6) is 0 Å². The van der Waals surface area contributed by atoms with Gasteiger partial charge in [-0.2, -0.15) is 0 Å². The van der Waals surface area contributed by atoms with Crippen molar-refractivity contribution in [3.05, 3.63) is 18.2 Å². The Morgan fingerprint density at radius 1 is 1.35 bits per heavy atom. The van der Waals surface area contributed by atoms with E-state index in [2.05, 4.69) is 5.32 Å². The molecule has 96 valence electrons. The summed E-state index contributed by atoms with van der Waals surface area (Å²) in [5.74, 6) is 0. The van der Waals surface area contributed by atoms with Crippen LogP contribution in [0.25, 0.3) is 0 Å². The first-order valence-electron chi connectivity index (χ1n) is 5.29. The number of nitrogens with two attached hydrogens (primary N) is 1. The van der Waals surface area contributed by atoms with Crippen LogP contribution in [-0.2, 0) is 9.84 Å². The standard InChI is InChI=1S/C11H19N3O2S/c1-14(2)8-7-13-9-5-4-6-10(11(9)12)17(3,15)16/h4-6,13H,7-8,12H2,1-3H3. The highest BCUT2D eigenvalue weighted by Gasteiger charge is 2.13. The number of rotatable bonds is 5. The van der Waals surface area contributed by atoms with E-state index in [0.29, 0.717) is 12.2 Å². The third-order valence-electron chi connectivity index (χ3n) is 2.34. The van der Waals surface area contributed by atoms with E-state index in [4.69, 9.17) is 5.73 Å². The van der Waals surface area contributed by atoms with E-state index >= 15 is 0 Å². The second-order valence-corrected chi connectivity index (χ2v) is 6.20. The van der Waals surface area contributed by atoms with E-state index in [1.807, 2.05) is 19.0 Å². The molecule has 0 fully saturated rings. The molecular formula is C11H19N3O2S. The molecule has 0 amide bonds. The summed E-state index contributed by atoms with van der Waals surface area (Å²) in [6.07, 6.45) is 1.16. The number of hydrogen-bond donors (Lipinski definition) is 2. The average Bonchev–Trinajstić information content (AvgIpc) is 2.18. The van der Waals surface area contributed by atoms with Crippen LogP contribution in [0.15, 0.2) is 23.1 Å². The van der Waals surface area contributed by atoms with Gasteiger partial charge >= 0.3 is 0 Å². The molecule has 1 rings (SSSR count). The van der Waals surface area contributed by atoms with Crippen molar-refractivity contribution >= 4 is 21.2 Å². The van der Waals surface area contributed by atoms with Crippen LogP contribution in [0, 0.1) is 0 Å². The van der Waals surface area contributed by atoms with E-state index in [9.17, 15) is 8.42 Å². The summed E-state index contributed by atoms with van der Waals surface area (Å²) >= 11 is 0. The van der Waals surface area contributed by atoms with Crippen LogP contribution in [0.1, 0.15) is 0 Å². The molecule has 0 spiro atoms. The smallest absolute Gasteiger partial charge is 0.177 e. The van der Waals surface area contributed by atoms with Crippen molar-refractivity contribution in [3.8, 4) is 0 Å². The predicted octanol–water partition coefficient (Wildman–Crippen LogP) is 0.646. The quantitative estimate of drug-likeness (QED) is 0.757. The molecule has 0 heterocycles. The zero-order valence-electron chi connectivity index (χ0n) is 10.4. The maximum Gasteiger partial charge on any atom is 0.177 e. The van der Waals surface area contributed by atoms with Gasteiger partial charge < -0.3 is 16.0 Å². The average molecular weight is 257 g/mol. The summed E-state index contributed by atoms with van der Waals surface area (Å²) in [5, 5.41) is 3.13. The van der Waals surface area contributed by atoms with Crippen molar-refractivity contribution in [2.45, 2.75) is 4.90 Å². The van der Waals surface area contributed by atoms with Crippen molar-refractivity contribution in [1.29, 1.82) is 0 Å². The second kappa shape index (κ2) is 5.37. The minimum Gasteiger partial charge on any atom is -0.396 e. The number of nitrogen functional groups attached to an aromatic ring is 1. The summed E-state index contributed by atoms with van der Waals surface area (Å²) in [5.41, 5.74) is 6.78. The Balaban J connectivity index is 2.88. The van der Waals surface area contributed by atoms with Gasteiger partial charge in [0.2, 0.25) is 0 Å². The predicted molar refractivity (Wildman–Crippen MR) is 71.0 cm³/mol. The van der Waals surface area contributed by atoms with Gasteiger partial charge in [0.15, 0.2) is 9.84 Å². The molecule has 0 aliphatic heterocycles. The third kappa shape index (κ3) is 3.90. The zero-order valence-corrected chi connectivity index (χ0v) is 11.2. The Morgan fingerprint density at radius 3 is 2.53 bits per heavy atom. The normalized spacial score (nSPS) is 11.8. The number of nitrogens with one attached hydrogen (secondary N) is 1. The minimum atomic E-state index is -3.27. The molecule has 0 aliphatic rings. The van der Waals surface area contributed by atoms with E-state index in [-0.39, 0.29) is 10.6 Å². The molecule has 0 aromatic heterocycles. The van der Waals surface area contributed by atoms with Crippen LogP contribution in [0.3, 0.4) is 0 Å². The molecule has 0 radical (unpaired) electrons. The fourth-order valence-electron chi connectivity index (χ4n) is 1.44. The Kier molecular flexibility index (Phi) is 4.36. The summed E-state index contributed by atoms with van der Waals surface area (Å²) < 4.78 is 22.9. The Hall–Kier alpha value is -1.27. The van der Waals surface area contributed by atoms with E-state index in [1.54, 1.807) is 12.1 Å². The van der Waals surface area contributed by atoms with E-state index in [1.165, 1.54) is 6.07 Å². The van der Waals surface area contributed by atoms with Gasteiger partial charge in [-0.25, -0.2) is 8.42 Å². The summed E-state index contributed by atoms with van der Waals surface area (Å²) in [6.45, 7) is 1.56. The first kappa shape index (κ1) is 13.8. The minimum absolute atomic E-state index is 0.173. The SMILES string of the molecule is CN(C)CCNc1cccc(S(C)(=O)=O)c1N. The Labute approximate surface area is 103 Å². The Morgan fingerprint density at radius 2 is 2.00 bits per heavy atom. The number of likely N-dealkylation sites (N-methyl/N-ethyl adjacent to an activating group) is 1. The molecule has 0 unspecified atom stereocenters. The molecule has 0 atom stereocenters. The largest absolute Gasteiger partial charge is 0.396 e. The fourth-order valence-corrected chi connectivity index (χ4v) is 2.27. The van der Waals surface area contributed by atoms with Crippen LogP contribution in [0.2, 0.25) is 0 Å². The molecule has 1 aromatic carbocycles. The van der Waals surface area contributed by atoms with Gasteiger partial charge in [0, 0.05) is 19.3 Å². The Bertz CT molecular complexity index is 483. The lowest BCUT2D eigenvalue weighted by molar-refractivity contribution is 0.425. The summed E-state index contributed by atoms with van der Waals surface area (Å²) in [7, 11) is 0.668.